The van der Waals surface area contributed by atoms with Gasteiger partial charge in [-0.25, -0.2) is 0 Å². The minimum absolute atomic E-state index is 0.600. The molecular formula is C11H16N2. The molecule has 0 amide bonds. The molecule has 1 aliphatic heterocycles. The fourth-order valence-electron chi connectivity index (χ4n) is 1.87. The van der Waals surface area contributed by atoms with Crippen molar-refractivity contribution in [1.29, 1.82) is 0 Å². The molecule has 0 saturated heterocycles. The zero-order valence-electron chi connectivity index (χ0n) is 8.22. The van der Waals surface area contributed by atoms with Crippen LogP contribution in [0, 0.1) is 6.92 Å². The van der Waals surface area contributed by atoms with E-state index >= 15 is 0 Å². The second-order valence-corrected chi connectivity index (χ2v) is 3.78. The van der Waals surface area contributed by atoms with Gasteiger partial charge in [0.05, 0.1) is 0 Å². The highest BCUT2D eigenvalue weighted by molar-refractivity contribution is 5.66. The van der Waals surface area contributed by atoms with E-state index in [0.29, 0.717) is 6.04 Å². The lowest BCUT2D eigenvalue weighted by molar-refractivity contribution is 0.578. The molecule has 1 unspecified atom stereocenters. The average Bonchev–Trinajstić information content (AvgIpc) is 2.51. The number of H-pyrrole nitrogens is 1. The van der Waals surface area contributed by atoms with Gasteiger partial charge in [0.15, 0.2) is 0 Å². The summed E-state index contributed by atoms with van der Waals surface area (Å²) >= 11 is 0. The summed E-state index contributed by atoms with van der Waals surface area (Å²) in [6.45, 7) is 5.37. The van der Waals surface area contributed by atoms with Gasteiger partial charge in [0, 0.05) is 24.5 Å². The second-order valence-electron chi connectivity index (χ2n) is 3.78. The van der Waals surface area contributed by atoms with Gasteiger partial charge in [0.2, 0.25) is 0 Å². The highest BCUT2D eigenvalue weighted by Gasteiger charge is 2.13. The molecule has 2 nitrogen and oxygen atoms in total. The van der Waals surface area contributed by atoms with E-state index in [2.05, 4.69) is 36.3 Å². The Labute approximate surface area is 79.0 Å². The smallest absolute Gasteiger partial charge is 0.0440 e. The molecule has 70 valence electrons. The van der Waals surface area contributed by atoms with E-state index in [4.69, 9.17) is 0 Å². The van der Waals surface area contributed by atoms with Crippen molar-refractivity contribution in [3.8, 4) is 0 Å². The van der Waals surface area contributed by atoms with E-state index < -0.39 is 0 Å². The fraction of sp³-hybridized carbons (Fsp3) is 0.455. The third kappa shape index (κ3) is 1.68. The first-order valence-corrected chi connectivity index (χ1v) is 4.84. The van der Waals surface area contributed by atoms with Gasteiger partial charge in [-0.2, -0.15) is 0 Å². The van der Waals surface area contributed by atoms with Crippen LogP contribution in [0.4, 0.5) is 0 Å². The van der Waals surface area contributed by atoms with Crippen molar-refractivity contribution in [2.45, 2.75) is 26.3 Å². The predicted molar refractivity (Wildman–Crippen MR) is 55.6 cm³/mol. The molecule has 2 heterocycles. The topological polar surface area (TPSA) is 27.8 Å². The minimum Gasteiger partial charge on any atom is -0.361 e. The van der Waals surface area contributed by atoms with Crippen LogP contribution in [0.1, 0.15) is 24.6 Å². The number of aromatic amines is 1. The molecule has 0 bridgehead atoms. The Morgan fingerprint density at radius 1 is 1.46 bits per heavy atom. The Bertz CT molecular complexity index is 323. The number of hydrogen-bond donors (Lipinski definition) is 2. The molecule has 0 aliphatic carbocycles. The fourth-order valence-corrected chi connectivity index (χ4v) is 1.87. The lowest BCUT2D eigenvalue weighted by Crippen LogP contribution is -2.30. The molecule has 1 aliphatic rings. The molecule has 2 rings (SSSR count). The van der Waals surface area contributed by atoms with Crippen molar-refractivity contribution in [2.24, 2.45) is 0 Å². The van der Waals surface area contributed by atoms with E-state index in [0.717, 1.165) is 13.0 Å². The molecule has 1 atom stereocenters. The van der Waals surface area contributed by atoms with Crippen LogP contribution in [0.5, 0.6) is 0 Å². The van der Waals surface area contributed by atoms with E-state index in [1.807, 2.05) is 6.20 Å². The van der Waals surface area contributed by atoms with Crippen LogP contribution in [0.3, 0.4) is 0 Å². The van der Waals surface area contributed by atoms with Crippen molar-refractivity contribution < 1.29 is 0 Å². The molecule has 0 spiro atoms. The molecule has 1 aromatic rings. The first kappa shape index (κ1) is 8.57. The summed E-state index contributed by atoms with van der Waals surface area (Å²) in [6, 6.07) is 2.73. The van der Waals surface area contributed by atoms with Gasteiger partial charge in [0.1, 0.15) is 0 Å². The summed E-state index contributed by atoms with van der Waals surface area (Å²) in [5, 5.41) is 3.40. The summed E-state index contributed by atoms with van der Waals surface area (Å²) in [5.74, 6) is 0. The van der Waals surface area contributed by atoms with Gasteiger partial charge in [-0.05, 0) is 37.5 Å². The van der Waals surface area contributed by atoms with Crippen LogP contribution < -0.4 is 5.32 Å². The summed E-state index contributed by atoms with van der Waals surface area (Å²) in [6.07, 6.45) is 5.42. The van der Waals surface area contributed by atoms with E-state index in [-0.39, 0.29) is 0 Å². The number of rotatable bonds is 1. The second kappa shape index (κ2) is 3.38. The minimum atomic E-state index is 0.600. The summed E-state index contributed by atoms with van der Waals surface area (Å²) in [4.78, 5) is 3.30. The zero-order valence-corrected chi connectivity index (χ0v) is 8.22. The van der Waals surface area contributed by atoms with Crippen LogP contribution in [0.15, 0.2) is 18.3 Å². The molecule has 0 saturated carbocycles. The van der Waals surface area contributed by atoms with Crippen LogP contribution in [0.2, 0.25) is 0 Å². The Morgan fingerprint density at radius 2 is 2.31 bits per heavy atom. The number of aryl methyl sites for hydroxylation is 1. The quantitative estimate of drug-likeness (QED) is 0.673. The molecule has 1 aromatic heterocycles. The van der Waals surface area contributed by atoms with E-state index in [9.17, 15) is 0 Å². The van der Waals surface area contributed by atoms with Crippen LogP contribution >= 0.6 is 0 Å². The molecular weight excluding hydrogens is 160 g/mol. The standard InChI is InChI=1S/C11H16N2/c1-8-3-5-13-11(8)10-4-6-12-9(2)7-10/h3-5,9,12-13H,6-7H2,1-2H3. The third-order valence-electron chi connectivity index (χ3n) is 2.62. The lowest BCUT2D eigenvalue weighted by atomic mass is 9.99. The summed E-state index contributed by atoms with van der Waals surface area (Å²) in [5.41, 5.74) is 4.11. The number of hydrogen-bond acceptors (Lipinski definition) is 1. The van der Waals surface area contributed by atoms with Crippen LogP contribution in [-0.4, -0.2) is 17.6 Å². The van der Waals surface area contributed by atoms with Gasteiger partial charge < -0.3 is 10.3 Å². The van der Waals surface area contributed by atoms with E-state index in [1.165, 1.54) is 16.8 Å². The molecule has 13 heavy (non-hydrogen) atoms. The van der Waals surface area contributed by atoms with Gasteiger partial charge in [-0.3, -0.25) is 0 Å². The van der Waals surface area contributed by atoms with Crippen molar-refractivity contribution in [1.82, 2.24) is 10.3 Å². The Morgan fingerprint density at radius 3 is 2.92 bits per heavy atom. The van der Waals surface area contributed by atoms with Gasteiger partial charge in [-0.15, -0.1) is 0 Å². The monoisotopic (exact) mass is 176 g/mol. The van der Waals surface area contributed by atoms with Crippen molar-refractivity contribution in [2.75, 3.05) is 6.54 Å². The molecule has 2 N–H and O–H groups in total. The van der Waals surface area contributed by atoms with Crippen molar-refractivity contribution >= 4 is 5.57 Å². The summed E-state index contributed by atoms with van der Waals surface area (Å²) < 4.78 is 0. The highest BCUT2D eigenvalue weighted by atomic mass is 14.9. The van der Waals surface area contributed by atoms with Crippen molar-refractivity contribution in [3.05, 3.63) is 29.6 Å². The maximum absolute atomic E-state index is 3.40. The van der Waals surface area contributed by atoms with Gasteiger partial charge >= 0.3 is 0 Å². The third-order valence-corrected chi connectivity index (χ3v) is 2.62. The molecule has 0 aromatic carbocycles. The lowest BCUT2D eigenvalue weighted by Gasteiger charge is -2.20. The van der Waals surface area contributed by atoms with Crippen LogP contribution in [-0.2, 0) is 0 Å². The Hall–Kier alpha value is -1.02. The first-order chi connectivity index (χ1) is 6.27. The first-order valence-electron chi connectivity index (χ1n) is 4.84. The zero-order chi connectivity index (χ0) is 9.26. The number of nitrogens with one attached hydrogen (secondary N) is 2. The van der Waals surface area contributed by atoms with Crippen molar-refractivity contribution in [3.63, 3.8) is 0 Å². The maximum Gasteiger partial charge on any atom is 0.0440 e. The predicted octanol–water partition coefficient (Wildman–Crippen LogP) is 2.09. The maximum atomic E-state index is 3.40. The summed E-state index contributed by atoms with van der Waals surface area (Å²) in [7, 11) is 0. The van der Waals surface area contributed by atoms with Crippen LogP contribution in [0.25, 0.3) is 5.57 Å². The highest BCUT2D eigenvalue weighted by Crippen LogP contribution is 2.23. The SMILES string of the molecule is Cc1cc[nH]c1C1=CCNC(C)C1. The van der Waals surface area contributed by atoms with Gasteiger partial charge in [0.25, 0.3) is 0 Å². The Balaban J connectivity index is 2.26. The van der Waals surface area contributed by atoms with Gasteiger partial charge in [-0.1, -0.05) is 6.08 Å². The molecule has 2 heteroatoms. The van der Waals surface area contributed by atoms with E-state index in [1.54, 1.807) is 0 Å². The Kier molecular flexibility index (Phi) is 2.23. The number of aromatic nitrogens is 1. The molecule has 0 radical (unpaired) electrons. The molecule has 0 fully saturated rings. The average molecular weight is 176 g/mol. The normalized spacial score (nSPS) is 22.9. The largest absolute Gasteiger partial charge is 0.361 e.